The number of carbonyl (C=O) groups excluding carboxylic acids is 2. The molecule has 0 amide bonds. The summed E-state index contributed by atoms with van der Waals surface area (Å²) in [6, 6.07) is 19.0. The van der Waals surface area contributed by atoms with Gasteiger partial charge in [0, 0.05) is 0 Å². The van der Waals surface area contributed by atoms with Crippen LogP contribution >= 0.6 is 11.8 Å². The second kappa shape index (κ2) is 6.70. The maximum absolute atomic E-state index is 13.2. The van der Waals surface area contributed by atoms with E-state index in [9.17, 15) is 9.59 Å². The zero-order valence-corrected chi connectivity index (χ0v) is 17.1. The lowest BCUT2D eigenvalue weighted by Crippen LogP contribution is -2.48. The molecule has 1 aromatic heterocycles. The number of nitrogens with zero attached hydrogens (tertiary/aromatic N) is 2. The SMILES string of the molecule is COC(=O)[C@H]1[C@H](C(=O)OC)[C@@]2(c3ccccc3)S[C@@]1(c1ccccc1)c1nonc12. The predicted molar refractivity (Wildman–Crippen MR) is 107 cm³/mol. The van der Waals surface area contributed by atoms with Gasteiger partial charge in [0.1, 0.15) is 20.9 Å². The van der Waals surface area contributed by atoms with E-state index in [0.29, 0.717) is 11.4 Å². The Kier molecular flexibility index (Phi) is 4.21. The van der Waals surface area contributed by atoms with Gasteiger partial charge in [-0.15, -0.1) is 11.8 Å². The number of methoxy groups -OCH3 is 2. The van der Waals surface area contributed by atoms with Crippen molar-refractivity contribution in [3.05, 3.63) is 83.2 Å². The Balaban J connectivity index is 1.89. The van der Waals surface area contributed by atoms with E-state index < -0.39 is 33.3 Å². The molecular weight excluding hydrogens is 404 g/mol. The van der Waals surface area contributed by atoms with Crippen LogP contribution < -0.4 is 0 Å². The maximum Gasteiger partial charge on any atom is 0.311 e. The minimum atomic E-state index is -1.00. The number of hydrogen-bond donors (Lipinski definition) is 0. The summed E-state index contributed by atoms with van der Waals surface area (Å²) in [5.74, 6) is -2.76. The van der Waals surface area contributed by atoms with Gasteiger partial charge in [0.05, 0.1) is 26.1 Å². The fourth-order valence-corrected chi connectivity index (χ4v) is 7.09. The molecular formula is C22H18N2O5S. The molecule has 1 fully saturated rings. The highest BCUT2D eigenvalue weighted by Crippen LogP contribution is 2.76. The van der Waals surface area contributed by atoms with Gasteiger partial charge in [-0.1, -0.05) is 71.0 Å². The maximum atomic E-state index is 13.2. The Morgan fingerprint density at radius 3 is 1.57 bits per heavy atom. The first-order valence-electron chi connectivity index (χ1n) is 9.41. The molecule has 3 aromatic rings. The minimum Gasteiger partial charge on any atom is -0.469 e. The zero-order valence-electron chi connectivity index (χ0n) is 16.3. The van der Waals surface area contributed by atoms with E-state index in [1.807, 2.05) is 60.7 Å². The van der Waals surface area contributed by atoms with Crippen LogP contribution in [0.1, 0.15) is 22.5 Å². The number of thioether (sulfide) groups is 1. The van der Waals surface area contributed by atoms with E-state index >= 15 is 0 Å². The summed E-state index contributed by atoms with van der Waals surface area (Å²) >= 11 is 1.48. The summed E-state index contributed by atoms with van der Waals surface area (Å²) in [6.07, 6.45) is 0. The Hall–Kier alpha value is -3.13. The van der Waals surface area contributed by atoms with Crippen molar-refractivity contribution in [2.24, 2.45) is 11.8 Å². The molecule has 3 heterocycles. The molecule has 0 N–H and O–H groups in total. The van der Waals surface area contributed by atoms with E-state index in [0.717, 1.165) is 11.1 Å². The molecule has 0 unspecified atom stereocenters. The van der Waals surface area contributed by atoms with E-state index in [-0.39, 0.29) is 0 Å². The molecule has 0 aliphatic carbocycles. The number of esters is 2. The average molecular weight is 422 g/mol. The lowest BCUT2D eigenvalue weighted by atomic mass is 9.63. The smallest absolute Gasteiger partial charge is 0.311 e. The van der Waals surface area contributed by atoms with Gasteiger partial charge in [-0.25, -0.2) is 4.63 Å². The molecule has 2 aromatic carbocycles. The highest BCUT2D eigenvalue weighted by Gasteiger charge is 2.77. The lowest BCUT2D eigenvalue weighted by molar-refractivity contribution is -0.159. The lowest BCUT2D eigenvalue weighted by Gasteiger charge is -2.36. The number of ether oxygens (including phenoxy) is 2. The first-order chi connectivity index (χ1) is 14.6. The van der Waals surface area contributed by atoms with E-state index in [2.05, 4.69) is 10.3 Å². The monoisotopic (exact) mass is 422 g/mol. The number of carbonyl (C=O) groups is 2. The Morgan fingerprint density at radius 2 is 1.20 bits per heavy atom. The van der Waals surface area contributed by atoms with Gasteiger partial charge in [0.25, 0.3) is 0 Å². The second-order valence-corrected chi connectivity index (χ2v) is 8.76. The fraction of sp³-hybridized carbons (Fsp3) is 0.273. The topological polar surface area (TPSA) is 91.5 Å². The average Bonchev–Trinajstić information content (AvgIpc) is 3.48. The van der Waals surface area contributed by atoms with Gasteiger partial charge >= 0.3 is 11.9 Å². The molecule has 5 rings (SSSR count). The molecule has 0 radical (unpaired) electrons. The highest BCUT2D eigenvalue weighted by atomic mass is 32.2. The van der Waals surface area contributed by atoms with Crippen LogP contribution in [0.4, 0.5) is 0 Å². The Bertz CT molecular complexity index is 1030. The van der Waals surface area contributed by atoms with Crippen LogP contribution in [0.3, 0.4) is 0 Å². The first-order valence-corrected chi connectivity index (χ1v) is 10.2. The first kappa shape index (κ1) is 18.9. The van der Waals surface area contributed by atoms with Gasteiger partial charge in [-0.05, 0) is 11.1 Å². The molecule has 7 nitrogen and oxygen atoms in total. The third-order valence-corrected chi connectivity index (χ3v) is 8.05. The van der Waals surface area contributed by atoms with Crippen LogP contribution in [0, 0.1) is 11.8 Å². The Morgan fingerprint density at radius 1 is 0.800 bits per heavy atom. The summed E-state index contributed by atoms with van der Waals surface area (Å²) in [6.45, 7) is 0. The van der Waals surface area contributed by atoms with Crippen molar-refractivity contribution >= 4 is 23.7 Å². The molecule has 2 aliphatic rings. The van der Waals surface area contributed by atoms with E-state index in [1.54, 1.807) is 0 Å². The van der Waals surface area contributed by atoms with Crippen LogP contribution in [0.2, 0.25) is 0 Å². The number of aromatic nitrogens is 2. The van der Waals surface area contributed by atoms with E-state index in [4.69, 9.17) is 14.1 Å². The van der Waals surface area contributed by atoms with E-state index in [1.165, 1.54) is 26.0 Å². The quantitative estimate of drug-likeness (QED) is 0.593. The molecule has 2 aliphatic heterocycles. The van der Waals surface area contributed by atoms with Crippen LogP contribution in [0.5, 0.6) is 0 Å². The zero-order chi connectivity index (χ0) is 20.9. The van der Waals surface area contributed by atoms with Crippen molar-refractivity contribution < 1.29 is 23.7 Å². The standard InChI is InChI=1S/C22H18N2O5S/c1-27-19(25)15-16(20(26)28-2)22(14-11-7-4-8-12-14)18-17(23-29-24-18)21(15,30-22)13-9-5-3-6-10-13/h3-12,15-16H,1-2H3/t15-,16-,21-,22-/m1/s1. The fourth-order valence-electron chi connectivity index (χ4n) is 4.90. The van der Waals surface area contributed by atoms with Crippen molar-refractivity contribution in [1.29, 1.82) is 0 Å². The molecule has 30 heavy (non-hydrogen) atoms. The van der Waals surface area contributed by atoms with Gasteiger partial charge < -0.3 is 9.47 Å². The van der Waals surface area contributed by atoms with Gasteiger partial charge in [-0.3, -0.25) is 9.59 Å². The number of fused-ring (bicyclic) bond motifs is 5. The predicted octanol–water partition coefficient (Wildman–Crippen LogP) is 2.90. The van der Waals surface area contributed by atoms with Gasteiger partial charge in [-0.2, -0.15) is 0 Å². The minimum absolute atomic E-state index is 0.506. The van der Waals surface area contributed by atoms with Crippen LogP contribution in [-0.4, -0.2) is 36.5 Å². The summed E-state index contributed by atoms with van der Waals surface area (Å²) < 4.78 is 13.5. The molecule has 8 heteroatoms. The van der Waals surface area contributed by atoms with Gasteiger partial charge in [0.2, 0.25) is 0 Å². The summed E-state index contributed by atoms with van der Waals surface area (Å²) in [5, 5.41) is 8.44. The third kappa shape index (κ3) is 2.17. The summed E-state index contributed by atoms with van der Waals surface area (Å²) in [4.78, 5) is 26.4. The van der Waals surface area contributed by atoms with Crippen LogP contribution in [-0.2, 0) is 28.6 Å². The summed E-state index contributed by atoms with van der Waals surface area (Å²) in [7, 11) is 2.65. The van der Waals surface area contributed by atoms with Gasteiger partial charge in [0.15, 0.2) is 0 Å². The number of hydrogen-bond acceptors (Lipinski definition) is 8. The molecule has 2 bridgehead atoms. The highest BCUT2D eigenvalue weighted by molar-refractivity contribution is 8.02. The number of rotatable bonds is 4. The van der Waals surface area contributed by atoms with Crippen molar-refractivity contribution in [3.8, 4) is 0 Å². The molecule has 1 saturated heterocycles. The molecule has 0 spiro atoms. The Labute approximate surface area is 176 Å². The van der Waals surface area contributed by atoms with Crippen molar-refractivity contribution in [3.63, 3.8) is 0 Å². The summed E-state index contributed by atoms with van der Waals surface area (Å²) in [5.41, 5.74) is 2.73. The van der Waals surface area contributed by atoms with Crippen molar-refractivity contribution in [1.82, 2.24) is 10.3 Å². The van der Waals surface area contributed by atoms with Crippen LogP contribution in [0.15, 0.2) is 65.3 Å². The molecule has 0 saturated carbocycles. The van der Waals surface area contributed by atoms with Crippen molar-refractivity contribution in [2.45, 2.75) is 9.49 Å². The largest absolute Gasteiger partial charge is 0.469 e. The van der Waals surface area contributed by atoms with Crippen LogP contribution in [0.25, 0.3) is 0 Å². The molecule has 152 valence electrons. The normalized spacial score (nSPS) is 28.7. The second-order valence-electron chi connectivity index (χ2n) is 7.27. The van der Waals surface area contributed by atoms with Crippen molar-refractivity contribution in [2.75, 3.05) is 14.2 Å². The molecule has 4 atom stereocenters. The third-order valence-electron chi connectivity index (χ3n) is 6.04. The number of benzene rings is 2.